The number of aromatic nitrogens is 3. The standard InChI is InChI=1S/C17H20FN5O.ClH/c18-14-4-2-1-3-13(14)17(24)22-8-5-12(6-9-22)16-21-20-15-11-19-7-10-23(15)16;/h1-4,12,19H,5-11H2;1H. The van der Waals surface area contributed by atoms with Crippen LogP contribution < -0.4 is 5.32 Å². The predicted octanol–water partition coefficient (Wildman–Crippen LogP) is 1.96. The highest BCUT2D eigenvalue weighted by atomic mass is 35.5. The Labute approximate surface area is 151 Å². The van der Waals surface area contributed by atoms with E-state index in [0.717, 1.165) is 44.1 Å². The highest BCUT2D eigenvalue weighted by Gasteiger charge is 2.29. The van der Waals surface area contributed by atoms with E-state index in [1.807, 2.05) is 0 Å². The first-order valence-electron chi connectivity index (χ1n) is 8.40. The Hall–Kier alpha value is -1.99. The smallest absolute Gasteiger partial charge is 0.256 e. The van der Waals surface area contributed by atoms with Crippen LogP contribution in [-0.4, -0.2) is 45.2 Å². The van der Waals surface area contributed by atoms with Gasteiger partial charge in [0.15, 0.2) is 0 Å². The first kappa shape index (κ1) is 17.8. The third-order valence-electron chi connectivity index (χ3n) is 4.90. The molecule has 1 saturated heterocycles. The second kappa shape index (κ2) is 7.49. The molecule has 134 valence electrons. The summed E-state index contributed by atoms with van der Waals surface area (Å²) in [7, 11) is 0. The minimum Gasteiger partial charge on any atom is -0.339 e. The number of likely N-dealkylation sites (tertiary alicyclic amines) is 1. The number of hydrogen-bond donors (Lipinski definition) is 1. The third-order valence-corrected chi connectivity index (χ3v) is 4.90. The van der Waals surface area contributed by atoms with Crippen LogP contribution in [0.5, 0.6) is 0 Å². The summed E-state index contributed by atoms with van der Waals surface area (Å²) in [5, 5.41) is 11.9. The van der Waals surface area contributed by atoms with Crippen LogP contribution in [-0.2, 0) is 13.1 Å². The molecule has 6 nitrogen and oxygen atoms in total. The van der Waals surface area contributed by atoms with Gasteiger partial charge in [-0.1, -0.05) is 12.1 Å². The molecule has 2 aliphatic rings. The molecule has 0 atom stereocenters. The molecule has 3 heterocycles. The fourth-order valence-corrected chi connectivity index (χ4v) is 3.56. The van der Waals surface area contributed by atoms with E-state index < -0.39 is 5.82 Å². The first-order valence-corrected chi connectivity index (χ1v) is 8.40. The van der Waals surface area contributed by atoms with Crippen molar-refractivity contribution < 1.29 is 9.18 Å². The van der Waals surface area contributed by atoms with Crippen molar-refractivity contribution in [1.29, 1.82) is 0 Å². The number of piperidine rings is 1. The molecule has 0 spiro atoms. The summed E-state index contributed by atoms with van der Waals surface area (Å²) in [5.41, 5.74) is 0.155. The van der Waals surface area contributed by atoms with E-state index in [1.54, 1.807) is 23.1 Å². The number of carbonyl (C=O) groups is 1. The zero-order valence-corrected chi connectivity index (χ0v) is 14.6. The highest BCUT2D eigenvalue weighted by molar-refractivity contribution is 5.94. The number of nitrogens with one attached hydrogen (secondary N) is 1. The highest BCUT2D eigenvalue weighted by Crippen LogP contribution is 2.28. The van der Waals surface area contributed by atoms with Gasteiger partial charge in [-0.05, 0) is 25.0 Å². The average molecular weight is 366 g/mol. The Balaban J connectivity index is 0.00000182. The summed E-state index contributed by atoms with van der Waals surface area (Å²) < 4.78 is 16.0. The van der Waals surface area contributed by atoms with Crippen molar-refractivity contribution in [2.45, 2.75) is 31.8 Å². The van der Waals surface area contributed by atoms with Crippen molar-refractivity contribution >= 4 is 18.3 Å². The van der Waals surface area contributed by atoms with Crippen LogP contribution in [0, 0.1) is 5.82 Å². The van der Waals surface area contributed by atoms with E-state index >= 15 is 0 Å². The molecule has 1 N–H and O–H groups in total. The molecule has 25 heavy (non-hydrogen) atoms. The summed E-state index contributed by atoms with van der Waals surface area (Å²) in [5.74, 6) is 1.65. The molecule has 0 aliphatic carbocycles. The molecular formula is C17H21ClFN5O. The summed E-state index contributed by atoms with van der Waals surface area (Å²) in [6.45, 7) is 3.84. The van der Waals surface area contributed by atoms with Gasteiger partial charge in [-0.25, -0.2) is 4.39 Å². The van der Waals surface area contributed by atoms with E-state index in [4.69, 9.17) is 0 Å². The zero-order chi connectivity index (χ0) is 16.5. The number of nitrogens with zero attached hydrogens (tertiary/aromatic N) is 4. The van der Waals surface area contributed by atoms with Crippen molar-refractivity contribution in [3.63, 3.8) is 0 Å². The molecule has 2 aromatic rings. The molecule has 0 bridgehead atoms. The molecule has 1 amide bonds. The van der Waals surface area contributed by atoms with E-state index in [-0.39, 0.29) is 23.9 Å². The lowest BCUT2D eigenvalue weighted by Gasteiger charge is -2.32. The fraction of sp³-hybridized carbons (Fsp3) is 0.471. The largest absolute Gasteiger partial charge is 0.339 e. The van der Waals surface area contributed by atoms with Crippen LogP contribution in [0.25, 0.3) is 0 Å². The van der Waals surface area contributed by atoms with Crippen LogP contribution in [0.15, 0.2) is 24.3 Å². The van der Waals surface area contributed by atoms with E-state index in [1.165, 1.54) is 6.07 Å². The minimum absolute atomic E-state index is 0. The van der Waals surface area contributed by atoms with Crippen LogP contribution in [0.4, 0.5) is 4.39 Å². The number of halogens is 2. The molecule has 2 aliphatic heterocycles. The lowest BCUT2D eigenvalue weighted by atomic mass is 9.95. The van der Waals surface area contributed by atoms with Crippen molar-refractivity contribution in [2.75, 3.05) is 19.6 Å². The van der Waals surface area contributed by atoms with Crippen molar-refractivity contribution in [1.82, 2.24) is 25.0 Å². The van der Waals surface area contributed by atoms with Gasteiger partial charge in [-0.2, -0.15) is 0 Å². The first-order chi connectivity index (χ1) is 11.7. The molecule has 1 aromatic heterocycles. The number of fused-ring (bicyclic) bond motifs is 1. The number of hydrogen-bond acceptors (Lipinski definition) is 4. The van der Waals surface area contributed by atoms with Gasteiger partial charge in [0.25, 0.3) is 5.91 Å². The summed E-state index contributed by atoms with van der Waals surface area (Å²) >= 11 is 0. The van der Waals surface area contributed by atoms with Crippen LogP contribution in [0.3, 0.4) is 0 Å². The maximum absolute atomic E-state index is 13.8. The fourth-order valence-electron chi connectivity index (χ4n) is 3.56. The molecule has 1 aromatic carbocycles. The summed E-state index contributed by atoms with van der Waals surface area (Å²) in [6.07, 6.45) is 1.68. The van der Waals surface area contributed by atoms with E-state index in [9.17, 15) is 9.18 Å². The molecule has 0 unspecified atom stereocenters. The van der Waals surface area contributed by atoms with Crippen LogP contribution >= 0.6 is 12.4 Å². The monoisotopic (exact) mass is 365 g/mol. The number of benzene rings is 1. The van der Waals surface area contributed by atoms with Crippen molar-refractivity contribution in [2.24, 2.45) is 0 Å². The van der Waals surface area contributed by atoms with Gasteiger partial charge in [0.1, 0.15) is 17.5 Å². The average Bonchev–Trinajstić information content (AvgIpc) is 3.06. The van der Waals surface area contributed by atoms with Gasteiger partial charge < -0.3 is 14.8 Å². The Kier molecular flexibility index (Phi) is 5.34. The van der Waals surface area contributed by atoms with E-state index in [2.05, 4.69) is 20.1 Å². The Bertz CT molecular complexity index is 757. The normalized spacial score (nSPS) is 17.7. The zero-order valence-electron chi connectivity index (χ0n) is 13.8. The number of amides is 1. The van der Waals surface area contributed by atoms with E-state index in [0.29, 0.717) is 19.0 Å². The maximum Gasteiger partial charge on any atom is 0.256 e. The molecule has 0 saturated carbocycles. The Morgan fingerprint density at radius 2 is 1.92 bits per heavy atom. The Morgan fingerprint density at radius 3 is 2.68 bits per heavy atom. The molecule has 8 heteroatoms. The summed E-state index contributed by atoms with van der Waals surface area (Å²) in [4.78, 5) is 14.2. The second-order valence-corrected chi connectivity index (χ2v) is 6.35. The van der Waals surface area contributed by atoms with Gasteiger partial charge >= 0.3 is 0 Å². The van der Waals surface area contributed by atoms with Crippen LogP contribution in [0.2, 0.25) is 0 Å². The molecule has 0 radical (unpaired) electrons. The van der Waals surface area contributed by atoms with Crippen molar-refractivity contribution in [3.8, 4) is 0 Å². The van der Waals surface area contributed by atoms with Gasteiger partial charge in [-0.3, -0.25) is 4.79 Å². The third kappa shape index (κ3) is 3.39. The topological polar surface area (TPSA) is 63.1 Å². The molecule has 4 rings (SSSR count). The summed E-state index contributed by atoms with van der Waals surface area (Å²) in [6, 6.07) is 6.17. The lowest BCUT2D eigenvalue weighted by molar-refractivity contribution is 0.0705. The van der Waals surface area contributed by atoms with Gasteiger partial charge in [0.2, 0.25) is 0 Å². The van der Waals surface area contributed by atoms with Crippen molar-refractivity contribution in [3.05, 3.63) is 47.3 Å². The minimum atomic E-state index is -0.455. The lowest BCUT2D eigenvalue weighted by Crippen LogP contribution is -2.39. The predicted molar refractivity (Wildman–Crippen MR) is 93.3 cm³/mol. The number of carbonyl (C=O) groups excluding carboxylic acids is 1. The van der Waals surface area contributed by atoms with Gasteiger partial charge in [0, 0.05) is 32.1 Å². The Morgan fingerprint density at radius 1 is 1.16 bits per heavy atom. The molecular weight excluding hydrogens is 345 g/mol. The van der Waals surface area contributed by atoms with Gasteiger partial charge in [0.05, 0.1) is 12.1 Å². The second-order valence-electron chi connectivity index (χ2n) is 6.35. The number of rotatable bonds is 2. The maximum atomic E-state index is 13.8. The van der Waals surface area contributed by atoms with Crippen LogP contribution in [0.1, 0.15) is 40.8 Å². The van der Waals surface area contributed by atoms with Gasteiger partial charge in [-0.15, -0.1) is 22.6 Å². The molecule has 1 fully saturated rings. The quantitative estimate of drug-likeness (QED) is 0.883. The SMILES string of the molecule is Cl.O=C(c1ccccc1F)N1CCC(c2nnc3n2CCNC3)CC1.